The molecule has 21 heavy (non-hydrogen) atoms. The molecule has 1 atom stereocenters. The second kappa shape index (κ2) is 9.00. The van der Waals surface area contributed by atoms with E-state index >= 15 is 0 Å². The molecule has 0 saturated heterocycles. The Morgan fingerprint density at radius 2 is 2.00 bits per heavy atom. The van der Waals surface area contributed by atoms with Crippen molar-refractivity contribution in [1.29, 1.82) is 0 Å². The average Bonchev–Trinajstić information content (AvgIpc) is 2.46. The third kappa shape index (κ3) is 5.29. The van der Waals surface area contributed by atoms with Gasteiger partial charge in [0.1, 0.15) is 5.82 Å². The summed E-state index contributed by atoms with van der Waals surface area (Å²) < 4.78 is 19.5. The molecule has 1 aromatic rings. The van der Waals surface area contributed by atoms with Gasteiger partial charge in [-0.05, 0) is 25.5 Å². The van der Waals surface area contributed by atoms with E-state index in [0.29, 0.717) is 25.2 Å². The number of ether oxygens (including phenoxy) is 1. The van der Waals surface area contributed by atoms with Crippen LogP contribution in [0.25, 0.3) is 0 Å². The summed E-state index contributed by atoms with van der Waals surface area (Å²) in [5.41, 5.74) is 1.71. The summed E-state index contributed by atoms with van der Waals surface area (Å²) in [5.74, 6) is -0.147. The lowest BCUT2D eigenvalue weighted by molar-refractivity contribution is 0.203. The summed E-state index contributed by atoms with van der Waals surface area (Å²) in [6, 6.07) is 5.99. The van der Waals surface area contributed by atoms with E-state index in [-0.39, 0.29) is 5.82 Å². The minimum atomic E-state index is -0.147. The van der Waals surface area contributed by atoms with Gasteiger partial charge < -0.3 is 15.0 Å². The average molecular weight is 296 g/mol. The van der Waals surface area contributed by atoms with Crippen molar-refractivity contribution in [2.45, 2.75) is 52.7 Å². The molecule has 0 aromatic heterocycles. The summed E-state index contributed by atoms with van der Waals surface area (Å²) in [7, 11) is 1.70. The molecular weight excluding hydrogens is 267 g/mol. The summed E-state index contributed by atoms with van der Waals surface area (Å²) in [6.45, 7) is 10.4. The molecule has 0 aliphatic rings. The molecule has 0 amide bonds. The largest absolute Gasteiger partial charge is 0.383 e. The lowest BCUT2D eigenvalue weighted by Gasteiger charge is -2.32. The molecule has 1 unspecified atom stereocenters. The van der Waals surface area contributed by atoms with Crippen LogP contribution in [-0.4, -0.2) is 32.3 Å². The lowest BCUT2D eigenvalue weighted by Crippen LogP contribution is -2.37. The Labute approximate surface area is 128 Å². The summed E-state index contributed by atoms with van der Waals surface area (Å²) in [5, 5.41) is 3.31. The van der Waals surface area contributed by atoms with E-state index in [4.69, 9.17) is 4.74 Å². The number of nitrogens with zero attached hydrogens (tertiary/aromatic N) is 1. The molecule has 0 spiro atoms. The van der Waals surface area contributed by atoms with Gasteiger partial charge in [-0.2, -0.15) is 0 Å². The Kier molecular flexibility index (Phi) is 7.68. The summed E-state index contributed by atoms with van der Waals surface area (Å²) in [6.07, 6.45) is 1.01. The molecule has 0 heterocycles. The molecule has 0 radical (unpaired) electrons. The zero-order valence-corrected chi connectivity index (χ0v) is 13.9. The van der Waals surface area contributed by atoms with Crippen LogP contribution in [0.2, 0.25) is 0 Å². The molecule has 0 fully saturated rings. The van der Waals surface area contributed by atoms with Crippen molar-refractivity contribution in [3.05, 3.63) is 29.6 Å². The molecular formula is C17H29FN2O. The number of anilines is 1. The van der Waals surface area contributed by atoms with E-state index < -0.39 is 0 Å². The van der Waals surface area contributed by atoms with Gasteiger partial charge >= 0.3 is 0 Å². The zero-order chi connectivity index (χ0) is 15.8. The molecule has 1 N–H and O–H groups in total. The molecule has 4 heteroatoms. The first kappa shape index (κ1) is 17.9. The van der Waals surface area contributed by atoms with E-state index in [0.717, 1.165) is 24.2 Å². The Morgan fingerprint density at radius 1 is 1.29 bits per heavy atom. The summed E-state index contributed by atoms with van der Waals surface area (Å²) in [4.78, 5) is 2.24. The van der Waals surface area contributed by atoms with Gasteiger partial charge in [-0.3, -0.25) is 0 Å². The predicted molar refractivity (Wildman–Crippen MR) is 87.4 cm³/mol. The van der Waals surface area contributed by atoms with Crippen LogP contribution >= 0.6 is 0 Å². The number of halogens is 1. The second-order valence-electron chi connectivity index (χ2n) is 5.72. The monoisotopic (exact) mass is 296 g/mol. The number of nitrogens with one attached hydrogen (secondary N) is 1. The van der Waals surface area contributed by atoms with Crippen LogP contribution < -0.4 is 10.2 Å². The van der Waals surface area contributed by atoms with Crippen LogP contribution in [0.4, 0.5) is 10.1 Å². The molecule has 3 nitrogen and oxygen atoms in total. The molecule has 0 bridgehead atoms. The van der Waals surface area contributed by atoms with Crippen molar-refractivity contribution in [3.63, 3.8) is 0 Å². The smallest absolute Gasteiger partial charge is 0.129 e. The van der Waals surface area contributed by atoms with E-state index in [2.05, 4.69) is 37.9 Å². The quantitative estimate of drug-likeness (QED) is 0.754. The van der Waals surface area contributed by atoms with E-state index in [1.807, 2.05) is 6.07 Å². The van der Waals surface area contributed by atoms with Crippen LogP contribution in [-0.2, 0) is 11.3 Å². The van der Waals surface area contributed by atoms with Gasteiger partial charge in [-0.25, -0.2) is 4.39 Å². The van der Waals surface area contributed by atoms with Crippen LogP contribution in [0, 0.1) is 5.82 Å². The molecule has 1 aromatic carbocycles. The highest BCUT2D eigenvalue weighted by Crippen LogP contribution is 2.26. The fourth-order valence-electron chi connectivity index (χ4n) is 2.29. The zero-order valence-electron chi connectivity index (χ0n) is 13.9. The van der Waals surface area contributed by atoms with Gasteiger partial charge in [0.05, 0.1) is 6.61 Å². The van der Waals surface area contributed by atoms with E-state index in [1.165, 1.54) is 6.07 Å². The highest BCUT2D eigenvalue weighted by Gasteiger charge is 2.18. The number of hydrogen-bond donors (Lipinski definition) is 1. The van der Waals surface area contributed by atoms with Crippen molar-refractivity contribution in [3.8, 4) is 0 Å². The van der Waals surface area contributed by atoms with E-state index in [9.17, 15) is 4.39 Å². The van der Waals surface area contributed by atoms with Crippen molar-refractivity contribution in [2.24, 2.45) is 0 Å². The second-order valence-corrected chi connectivity index (χ2v) is 5.72. The maximum absolute atomic E-state index is 14.3. The number of hydrogen-bond acceptors (Lipinski definition) is 3. The fourth-order valence-corrected chi connectivity index (χ4v) is 2.29. The first-order valence-electron chi connectivity index (χ1n) is 7.77. The van der Waals surface area contributed by atoms with Crippen molar-refractivity contribution in [2.75, 3.05) is 25.2 Å². The third-order valence-corrected chi connectivity index (χ3v) is 3.75. The Morgan fingerprint density at radius 3 is 2.57 bits per heavy atom. The number of rotatable bonds is 9. The number of methoxy groups -OCH3 is 1. The Balaban J connectivity index is 3.07. The topological polar surface area (TPSA) is 24.5 Å². The third-order valence-electron chi connectivity index (χ3n) is 3.75. The van der Waals surface area contributed by atoms with Crippen molar-refractivity contribution >= 4 is 5.69 Å². The van der Waals surface area contributed by atoms with Gasteiger partial charge in [0.15, 0.2) is 0 Å². The van der Waals surface area contributed by atoms with Crippen LogP contribution in [0.3, 0.4) is 0 Å². The van der Waals surface area contributed by atoms with Crippen molar-refractivity contribution in [1.82, 2.24) is 5.32 Å². The first-order chi connectivity index (χ1) is 10.0. The fraction of sp³-hybridized carbons (Fsp3) is 0.647. The van der Waals surface area contributed by atoms with Crippen LogP contribution in [0.15, 0.2) is 18.2 Å². The van der Waals surface area contributed by atoms with Gasteiger partial charge in [-0.15, -0.1) is 0 Å². The maximum atomic E-state index is 14.3. The highest BCUT2D eigenvalue weighted by molar-refractivity contribution is 5.55. The van der Waals surface area contributed by atoms with Crippen molar-refractivity contribution < 1.29 is 9.13 Å². The Bertz CT molecular complexity index is 423. The minimum Gasteiger partial charge on any atom is -0.383 e. The Hall–Kier alpha value is -1.13. The molecule has 120 valence electrons. The van der Waals surface area contributed by atoms with Crippen LogP contribution in [0.1, 0.15) is 39.7 Å². The number of benzene rings is 1. The minimum absolute atomic E-state index is 0.147. The molecule has 0 saturated carbocycles. The van der Waals surface area contributed by atoms with Gasteiger partial charge in [0, 0.05) is 43.5 Å². The maximum Gasteiger partial charge on any atom is 0.129 e. The highest BCUT2D eigenvalue weighted by atomic mass is 19.1. The van der Waals surface area contributed by atoms with Gasteiger partial charge in [-0.1, -0.05) is 26.8 Å². The van der Waals surface area contributed by atoms with E-state index in [1.54, 1.807) is 13.2 Å². The molecule has 0 aliphatic heterocycles. The standard InChI is InChI=1S/C17H29FN2O/c1-6-14(4)20(10-11-21-5)17-9-7-8-16(18)15(17)12-19-13(2)3/h7-9,13-14,19H,6,10-12H2,1-5H3. The first-order valence-corrected chi connectivity index (χ1v) is 7.77. The van der Waals surface area contributed by atoms with Crippen LogP contribution in [0.5, 0.6) is 0 Å². The van der Waals surface area contributed by atoms with Gasteiger partial charge in [0.25, 0.3) is 0 Å². The van der Waals surface area contributed by atoms with Gasteiger partial charge in [0.2, 0.25) is 0 Å². The molecule has 0 aliphatic carbocycles. The lowest BCUT2D eigenvalue weighted by atomic mass is 10.1. The summed E-state index contributed by atoms with van der Waals surface area (Å²) >= 11 is 0. The normalized spacial score (nSPS) is 12.7. The molecule has 1 rings (SSSR count). The SMILES string of the molecule is CCC(C)N(CCOC)c1cccc(F)c1CNC(C)C. The predicted octanol–water partition coefficient (Wildman–Crippen LogP) is 3.58.